The first-order chi connectivity index (χ1) is 9.73. The summed E-state index contributed by atoms with van der Waals surface area (Å²) in [5.74, 6) is -0.238. The number of hydrogen-bond acceptors (Lipinski definition) is 1. The highest BCUT2D eigenvalue weighted by Crippen LogP contribution is 2.45. The van der Waals surface area contributed by atoms with Crippen LogP contribution in [0.4, 0.5) is 8.78 Å². The molecule has 0 fully saturated rings. The van der Waals surface area contributed by atoms with Gasteiger partial charge < -0.3 is 4.43 Å². The first-order valence-electron chi connectivity index (χ1n) is 7.53. The van der Waals surface area contributed by atoms with Crippen molar-refractivity contribution in [3.63, 3.8) is 0 Å². The first-order valence-corrected chi connectivity index (χ1v) is 9.67. The Labute approximate surface area is 128 Å². The smallest absolute Gasteiger partial charge is 0.311 e. The SMILES string of the molecule is CC(C)[Si](OC(=C(F)F)c1ccccc1)(C(C)C)C(C)C. The van der Waals surface area contributed by atoms with Crippen molar-refractivity contribution in [1.29, 1.82) is 0 Å². The second-order valence-corrected chi connectivity index (χ2v) is 11.8. The third-order valence-electron chi connectivity index (χ3n) is 4.19. The lowest BCUT2D eigenvalue weighted by Crippen LogP contribution is -2.47. The fraction of sp³-hybridized carbons (Fsp3) is 0.529. The van der Waals surface area contributed by atoms with Crippen LogP contribution >= 0.6 is 0 Å². The third-order valence-corrected chi connectivity index (χ3v) is 10.2. The quantitative estimate of drug-likeness (QED) is 0.433. The number of benzene rings is 1. The van der Waals surface area contributed by atoms with E-state index < -0.39 is 14.4 Å². The molecule has 0 saturated carbocycles. The summed E-state index contributed by atoms with van der Waals surface area (Å²) in [6.07, 6.45) is -1.74. The molecule has 0 atom stereocenters. The van der Waals surface area contributed by atoms with Gasteiger partial charge in [0.2, 0.25) is 0 Å². The highest BCUT2D eigenvalue weighted by atomic mass is 28.4. The molecule has 118 valence electrons. The van der Waals surface area contributed by atoms with Crippen LogP contribution in [0.1, 0.15) is 47.1 Å². The Balaban J connectivity index is 3.32. The van der Waals surface area contributed by atoms with Crippen molar-refractivity contribution in [3.05, 3.63) is 42.0 Å². The molecule has 21 heavy (non-hydrogen) atoms. The lowest BCUT2D eigenvalue weighted by Gasteiger charge is -2.42. The summed E-state index contributed by atoms with van der Waals surface area (Å²) < 4.78 is 33.1. The molecule has 0 aliphatic rings. The molecule has 0 bridgehead atoms. The molecule has 1 rings (SSSR count). The molecule has 0 spiro atoms. The van der Waals surface area contributed by atoms with E-state index in [2.05, 4.69) is 41.5 Å². The van der Waals surface area contributed by atoms with Crippen LogP contribution in [0.25, 0.3) is 5.76 Å². The monoisotopic (exact) mass is 312 g/mol. The molecule has 0 aliphatic heterocycles. The normalized spacial score (nSPS) is 12.1. The molecule has 0 amide bonds. The van der Waals surface area contributed by atoms with E-state index in [9.17, 15) is 8.78 Å². The maximum absolute atomic E-state index is 13.5. The van der Waals surface area contributed by atoms with Gasteiger partial charge in [0, 0.05) is 5.56 Å². The van der Waals surface area contributed by atoms with Crippen LogP contribution in [-0.4, -0.2) is 8.32 Å². The summed E-state index contributed by atoms with van der Waals surface area (Å²) in [7, 11) is -2.37. The van der Waals surface area contributed by atoms with Crippen molar-refractivity contribution in [2.75, 3.05) is 0 Å². The largest absolute Gasteiger partial charge is 0.539 e. The fourth-order valence-corrected chi connectivity index (χ4v) is 8.58. The lowest BCUT2D eigenvalue weighted by molar-refractivity contribution is 0.367. The molecule has 0 heterocycles. The van der Waals surface area contributed by atoms with Gasteiger partial charge in [-0.25, -0.2) is 0 Å². The van der Waals surface area contributed by atoms with Crippen LogP contribution in [-0.2, 0) is 4.43 Å². The molecule has 4 heteroatoms. The zero-order valence-electron chi connectivity index (χ0n) is 13.8. The molecule has 0 N–H and O–H groups in total. The maximum Gasteiger partial charge on any atom is 0.311 e. The second-order valence-electron chi connectivity index (χ2n) is 6.38. The molecule has 0 aromatic heterocycles. The van der Waals surface area contributed by atoms with Crippen LogP contribution in [0.15, 0.2) is 36.4 Å². The average molecular weight is 312 g/mol. The van der Waals surface area contributed by atoms with Gasteiger partial charge in [-0.05, 0) is 16.6 Å². The standard InChI is InChI=1S/C17H26F2OSi/c1-12(2)21(13(3)4,14(5)6)20-16(17(18)19)15-10-8-7-9-11-15/h7-14H,1-6H3. The zero-order chi connectivity index (χ0) is 16.2. The second kappa shape index (κ2) is 7.21. The maximum atomic E-state index is 13.5. The predicted molar refractivity (Wildman–Crippen MR) is 87.7 cm³/mol. The van der Waals surface area contributed by atoms with Crippen molar-refractivity contribution < 1.29 is 13.2 Å². The van der Waals surface area contributed by atoms with Crippen molar-refractivity contribution in [3.8, 4) is 0 Å². The van der Waals surface area contributed by atoms with Crippen molar-refractivity contribution in [2.24, 2.45) is 0 Å². The summed E-state index contributed by atoms with van der Waals surface area (Å²) in [5, 5.41) is 0. The Hall–Kier alpha value is -1.16. The fourth-order valence-electron chi connectivity index (χ4n) is 3.33. The van der Waals surface area contributed by atoms with E-state index in [4.69, 9.17) is 4.43 Å². The molecule has 1 nitrogen and oxygen atoms in total. The van der Waals surface area contributed by atoms with Gasteiger partial charge in [0.15, 0.2) is 5.76 Å². The summed E-state index contributed by atoms with van der Waals surface area (Å²) >= 11 is 0. The van der Waals surface area contributed by atoms with Crippen LogP contribution in [0, 0.1) is 0 Å². The highest BCUT2D eigenvalue weighted by Gasteiger charge is 2.48. The molecular weight excluding hydrogens is 286 g/mol. The summed E-state index contributed by atoms with van der Waals surface area (Å²) in [6, 6.07) is 8.68. The van der Waals surface area contributed by atoms with Crippen molar-refractivity contribution >= 4 is 14.1 Å². The number of hydrogen-bond donors (Lipinski definition) is 0. The van der Waals surface area contributed by atoms with E-state index in [0.717, 1.165) is 0 Å². The van der Waals surface area contributed by atoms with Gasteiger partial charge in [-0.3, -0.25) is 0 Å². The van der Waals surface area contributed by atoms with E-state index in [1.54, 1.807) is 24.3 Å². The molecule has 0 aliphatic carbocycles. The highest BCUT2D eigenvalue weighted by molar-refractivity contribution is 6.78. The molecule has 0 saturated heterocycles. The van der Waals surface area contributed by atoms with Gasteiger partial charge in [0.25, 0.3) is 8.32 Å². The molecule has 1 aromatic carbocycles. The van der Waals surface area contributed by atoms with Gasteiger partial charge in [0.1, 0.15) is 0 Å². The van der Waals surface area contributed by atoms with Gasteiger partial charge in [-0.15, -0.1) is 0 Å². The van der Waals surface area contributed by atoms with E-state index >= 15 is 0 Å². The summed E-state index contributed by atoms with van der Waals surface area (Å²) in [6.45, 7) is 12.5. The van der Waals surface area contributed by atoms with Gasteiger partial charge in [0.05, 0.1) is 0 Å². The Morgan fingerprint density at radius 2 is 1.29 bits per heavy atom. The van der Waals surface area contributed by atoms with Crippen LogP contribution in [0.3, 0.4) is 0 Å². The Kier molecular flexibility index (Phi) is 6.14. The minimum Gasteiger partial charge on any atom is -0.539 e. The van der Waals surface area contributed by atoms with E-state index in [1.165, 1.54) is 0 Å². The van der Waals surface area contributed by atoms with Crippen molar-refractivity contribution in [2.45, 2.75) is 58.2 Å². The average Bonchev–Trinajstić information content (AvgIpc) is 2.39. The zero-order valence-corrected chi connectivity index (χ0v) is 14.8. The minimum atomic E-state index is -2.37. The topological polar surface area (TPSA) is 9.23 Å². The van der Waals surface area contributed by atoms with Gasteiger partial charge in [-0.1, -0.05) is 71.9 Å². The Morgan fingerprint density at radius 3 is 1.62 bits per heavy atom. The van der Waals surface area contributed by atoms with Gasteiger partial charge >= 0.3 is 6.08 Å². The van der Waals surface area contributed by atoms with Crippen molar-refractivity contribution in [1.82, 2.24) is 0 Å². The summed E-state index contributed by atoms with van der Waals surface area (Å²) in [4.78, 5) is 0. The van der Waals surface area contributed by atoms with E-state index in [-0.39, 0.29) is 22.4 Å². The van der Waals surface area contributed by atoms with Gasteiger partial charge in [-0.2, -0.15) is 8.78 Å². The molecular formula is C17H26F2OSi. The number of rotatable bonds is 6. The van der Waals surface area contributed by atoms with Crippen LogP contribution < -0.4 is 0 Å². The number of halogens is 2. The third kappa shape index (κ3) is 3.73. The Bertz CT molecular complexity index is 455. The lowest BCUT2D eigenvalue weighted by atomic mass is 10.2. The molecule has 0 radical (unpaired) electrons. The summed E-state index contributed by atoms with van der Waals surface area (Å²) in [5.41, 5.74) is 1.23. The molecule has 1 aromatic rings. The Morgan fingerprint density at radius 1 is 0.857 bits per heavy atom. The predicted octanol–water partition coefficient (Wildman–Crippen LogP) is 6.44. The molecule has 0 unspecified atom stereocenters. The van der Waals surface area contributed by atoms with Crippen LogP contribution in [0.2, 0.25) is 16.6 Å². The minimum absolute atomic E-state index is 0.238. The van der Waals surface area contributed by atoms with E-state index in [0.29, 0.717) is 5.56 Å². The van der Waals surface area contributed by atoms with E-state index in [1.807, 2.05) is 6.07 Å². The first kappa shape index (κ1) is 17.9. The van der Waals surface area contributed by atoms with Crippen LogP contribution in [0.5, 0.6) is 0 Å².